The summed E-state index contributed by atoms with van der Waals surface area (Å²) >= 11 is 5.42. The summed E-state index contributed by atoms with van der Waals surface area (Å²) in [5.74, 6) is 0.252. The third-order valence-electron chi connectivity index (χ3n) is 2.20. The summed E-state index contributed by atoms with van der Waals surface area (Å²) in [6.45, 7) is 0.437. The van der Waals surface area contributed by atoms with Crippen molar-refractivity contribution >= 4 is 38.5 Å². The quantitative estimate of drug-likeness (QED) is 0.526. The van der Waals surface area contributed by atoms with Crippen molar-refractivity contribution in [3.8, 4) is 5.75 Å². The van der Waals surface area contributed by atoms with Crippen LogP contribution in [0.3, 0.4) is 0 Å². The van der Waals surface area contributed by atoms with Crippen LogP contribution in [-0.4, -0.2) is 0 Å². The maximum Gasteiger partial charge on any atom is 0.137 e. The number of benzene rings is 2. The number of rotatable bonds is 3. The van der Waals surface area contributed by atoms with E-state index in [9.17, 15) is 4.39 Å². The Labute approximate surface area is 121 Å². The largest absolute Gasteiger partial charge is 0.488 e. The molecule has 0 heterocycles. The highest BCUT2D eigenvalue weighted by molar-refractivity contribution is 14.1. The lowest BCUT2D eigenvalue weighted by atomic mass is 10.2. The van der Waals surface area contributed by atoms with Gasteiger partial charge in [0, 0.05) is 10.5 Å². The van der Waals surface area contributed by atoms with Crippen LogP contribution in [-0.2, 0) is 6.61 Å². The lowest BCUT2D eigenvalue weighted by Crippen LogP contribution is -1.97. The molecule has 0 saturated carbocycles. The summed E-state index contributed by atoms with van der Waals surface area (Å²) in [5.41, 5.74) is 1.06. The third-order valence-corrected chi connectivity index (χ3v) is 4.68. The van der Waals surface area contributed by atoms with Gasteiger partial charge in [0.05, 0.1) is 3.57 Å². The predicted octanol–water partition coefficient (Wildman–Crippen LogP) is 4.77. The van der Waals surface area contributed by atoms with Crippen LogP contribution in [0.5, 0.6) is 5.75 Å². The normalized spacial score (nSPS) is 10.3. The fraction of sp³-hybridized carbons (Fsp3) is 0.0769. The van der Waals surface area contributed by atoms with Gasteiger partial charge in [-0.3, -0.25) is 0 Å². The molecular weight excluding hydrogens is 398 g/mol. The third kappa shape index (κ3) is 3.42. The Morgan fingerprint density at radius 1 is 1.18 bits per heavy atom. The van der Waals surface area contributed by atoms with E-state index in [1.807, 2.05) is 30.3 Å². The van der Waals surface area contributed by atoms with Gasteiger partial charge in [-0.05, 0) is 50.2 Å². The van der Waals surface area contributed by atoms with Crippen molar-refractivity contribution in [1.82, 2.24) is 0 Å². The van der Waals surface area contributed by atoms with Gasteiger partial charge in [0.25, 0.3) is 0 Å². The van der Waals surface area contributed by atoms with E-state index in [1.165, 1.54) is 12.1 Å². The van der Waals surface area contributed by atoms with Gasteiger partial charge >= 0.3 is 0 Å². The van der Waals surface area contributed by atoms with E-state index in [1.54, 1.807) is 0 Å². The number of hydrogen-bond acceptors (Lipinski definition) is 1. The molecule has 0 saturated heterocycles. The van der Waals surface area contributed by atoms with Gasteiger partial charge in [0.2, 0.25) is 0 Å². The molecule has 0 N–H and O–H groups in total. The maximum atomic E-state index is 13.2. The zero-order valence-corrected chi connectivity index (χ0v) is 12.5. The maximum absolute atomic E-state index is 13.2. The number of hydrogen-bond donors (Lipinski definition) is 0. The second-order valence-corrected chi connectivity index (χ2v) is 5.41. The van der Waals surface area contributed by atoms with Gasteiger partial charge in [-0.15, -0.1) is 0 Å². The zero-order valence-electron chi connectivity index (χ0n) is 8.79. The van der Waals surface area contributed by atoms with Gasteiger partial charge in [-0.1, -0.05) is 30.3 Å². The molecule has 0 aliphatic rings. The molecule has 2 aromatic rings. The summed E-state index contributed by atoms with van der Waals surface area (Å²) in [6, 6.07) is 12.6. The smallest absolute Gasteiger partial charge is 0.137 e. The Kier molecular flexibility index (Phi) is 4.39. The van der Waals surface area contributed by atoms with Crippen molar-refractivity contribution in [2.75, 3.05) is 0 Å². The van der Waals surface area contributed by atoms with E-state index >= 15 is 0 Å². The summed E-state index contributed by atoms with van der Waals surface area (Å²) < 4.78 is 20.4. The highest BCUT2D eigenvalue weighted by Crippen LogP contribution is 2.30. The van der Waals surface area contributed by atoms with E-state index in [4.69, 9.17) is 4.74 Å². The molecule has 0 radical (unpaired) electrons. The lowest BCUT2D eigenvalue weighted by Gasteiger charge is -2.09. The average Bonchev–Trinajstić information content (AvgIpc) is 2.33. The minimum absolute atomic E-state index is 0.305. The van der Waals surface area contributed by atoms with Crippen LogP contribution in [0.4, 0.5) is 4.39 Å². The van der Waals surface area contributed by atoms with Gasteiger partial charge in [0.15, 0.2) is 0 Å². The zero-order chi connectivity index (χ0) is 12.3. The Morgan fingerprint density at radius 2 is 1.88 bits per heavy atom. The molecule has 0 aromatic heterocycles. The molecule has 4 heteroatoms. The van der Waals surface area contributed by atoms with Gasteiger partial charge in [0.1, 0.15) is 18.2 Å². The van der Waals surface area contributed by atoms with Crippen LogP contribution in [0.2, 0.25) is 0 Å². The molecule has 17 heavy (non-hydrogen) atoms. The Bertz CT molecular complexity index is 516. The molecule has 88 valence electrons. The second kappa shape index (κ2) is 5.82. The molecule has 0 spiro atoms. The van der Waals surface area contributed by atoms with Gasteiger partial charge < -0.3 is 4.74 Å². The SMILES string of the molecule is Fc1cc(Br)c(I)c(OCc2ccccc2)c1. The van der Waals surface area contributed by atoms with Crippen LogP contribution in [0.15, 0.2) is 46.9 Å². The molecule has 0 atom stereocenters. The summed E-state index contributed by atoms with van der Waals surface area (Å²) in [7, 11) is 0. The van der Waals surface area contributed by atoms with Crippen LogP contribution in [0.1, 0.15) is 5.56 Å². The average molecular weight is 407 g/mol. The van der Waals surface area contributed by atoms with E-state index in [-0.39, 0.29) is 5.82 Å². The van der Waals surface area contributed by atoms with E-state index in [2.05, 4.69) is 38.5 Å². The Morgan fingerprint density at radius 3 is 2.59 bits per heavy atom. The van der Waals surface area contributed by atoms with Crippen molar-refractivity contribution in [2.24, 2.45) is 0 Å². The summed E-state index contributed by atoms with van der Waals surface area (Å²) in [6.07, 6.45) is 0. The van der Waals surface area contributed by atoms with E-state index < -0.39 is 0 Å². The number of halogens is 3. The standard InChI is InChI=1S/C13H9BrFIO/c14-11-6-10(15)7-12(13(11)16)17-8-9-4-2-1-3-5-9/h1-7H,8H2. The fourth-order valence-electron chi connectivity index (χ4n) is 1.37. The lowest BCUT2D eigenvalue weighted by molar-refractivity contribution is 0.302. The highest BCUT2D eigenvalue weighted by Gasteiger charge is 2.08. The van der Waals surface area contributed by atoms with E-state index in [0.29, 0.717) is 16.8 Å². The molecule has 0 bridgehead atoms. The van der Waals surface area contributed by atoms with Crippen molar-refractivity contribution in [3.63, 3.8) is 0 Å². The van der Waals surface area contributed by atoms with Gasteiger partial charge in [-0.2, -0.15) is 0 Å². The van der Waals surface area contributed by atoms with Crippen LogP contribution in [0.25, 0.3) is 0 Å². The molecule has 0 amide bonds. The molecule has 2 rings (SSSR count). The monoisotopic (exact) mass is 406 g/mol. The van der Waals surface area contributed by atoms with Crippen LogP contribution >= 0.6 is 38.5 Å². The van der Waals surface area contributed by atoms with Crippen LogP contribution < -0.4 is 4.74 Å². The molecule has 0 aliphatic carbocycles. The first-order chi connectivity index (χ1) is 8.16. The van der Waals surface area contributed by atoms with Crippen molar-refractivity contribution in [2.45, 2.75) is 6.61 Å². The molecule has 0 fully saturated rings. The summed E-state index contributed by atoms with van der Waals surface area (Å²) in [4.78, 5) is 0. The fourth-order valence-corrected chi connectivity index (χ4v) is 2.25. The Balaban J connectivity index is 2.14. The first-order valence-corrected chi connectivity index (χ1v) is 6.85. The van der Waals surface area contributed by atoms with Gasteiger partial charge in [-0.25, -0.2) is 4.39 Å². The molecular formula is C13H9BrFIO. The molecule has 1 nitrogen and oxygen atoms in total. The highest BCUT2D eigenvalue weighted by atomic mass is 127. The van der Waals surface area contributed by atoms with Crippen molar-refractivity contribution in [3.05, 3.63) is 61.9 Å². The second-order valence-electron chi connectivity index (χ2n) is 3.47. The first-order valence-electron chi connectivity index (χ1n) is 4.98. The molecule has 0 unspecified atom stereocenters. The van der Waals surface area contributed by atoms with Crippen molar-refractivity contribution < 1.29 is 9.13 Å². The number of ether oxygens (including phenoxy) is 1. The minimum Gasteiger partial charge on any atom is -0.488 e. The van der Waals surface area contributed by atoms with Crippen molar-refractivity contribution in [1.29, 1.82) is 0 Å². The van der Waals surface area contributed by atoms with Crippen LogP contribution in [0, 0.1) is 9.39 Å². The Hall–Kier alpha value is -0.620. The molecule has 0 aliphatic heterocycles. The summed E-state index contributed by atoms with van der Waals surface area (Å²) in [5, 5.41) is 0. The first kappa shape index (κ1) is 12.8. The predicted molar refractivity (Wildman–Crippen MR) is 77.6 cm³/mol. The minimum atomic E-state index is -0.305. The molecule has 2 aromatic carbocycles. The van der Waals surface area contributed by atoms with E-state index in [0.717, 1.165) is 9.13 Å². The topological polar surface area (TPSA) is 9.23 Å².